The van der Waals surface area contributed by atoms with E-state index in [1.165, 1.54) is 0 Å². The van der Waals surface area contributed by atoms with Crippen molar-refractivity contribution in [3.63, 3.8) is 0 Å². The molecule has 2 fully saturated rings. The maximum Gasteiger partial charge on any atom is 0.276 e. The van der Waals surface area contributed by atoms with Crippen LogP contribution in [0.1, 0.15) is 29.0 Å². The van der Waals surface area contributed by atoms with Crippen LogP contribution in [0.15, 0.2) is 36.5 Å². The largest absolute Gasteiger partial charge is 0.337 e. The van der Waals surface area contributed by atoms with Gasteiger partial charge in [-0.25, -0.2) is 4.68 Å². The number of hydrogen-bond acceptors (Lipinski definition) is 5. The van der Waals surface area contributed by atoms with E-state index in [1.807, 2.05) is 42.2 Å². The SMILES string of the molecule is Cc1c(C(=O)N2CC3CCC(N)C3C2)nnn1-c1ccc2ncccc2c1. The summed E-state index contributed by atoms with van der Waals surface area (Å²) in [5.41, 5.74) is 9.18. The van der Waals surface area contributed by atoms with E-state index in [1.54, 1.807) is 10.9 Å². The van der Waals surface area contributed by atoms with Gasteiger partial charge in [-0.3, -0.25) is 9.78 Å². The van der Waals surface area contributed by atoms with Crippen LogP contribution in [0.3, 0.4) is 0 Å². The Balaban J connectivity index is 1.43. The smallest absolute Gasteiger partial charge is 0.276 e. The molecule has 138 valence electrons. The van der Waals surface area contributed by atoms with Crippen molar-refractivity contribution in [2.45, 2.75) is 25.8 Å². The molecule has 1 amide bonds. The van der Waals surface area contributed by atoms with Crippen LogP contribution in [0.25, 0.3) is 16.6 Å². The first-order chi connectivity index (χ1) is 13.1. The van der Waals surface area contributed by atoms with E-state index in [0.717, 1.165) is 48.2 Å². The van der Waals surface area contributed by atoms with E-state index in [-0.39, 0.29) is 11.9 Å². The number of benzene rings is 1. The van der Waals surface area contributed by atoms with Gasteiger partial charge in [-0.2, -0.15) is 0 Å². The van der Waals surface area contributed by atoms with Gasteiger partial charge in [0, 0.05) is 30.7 Å². The average molecular weight is 362 g/mol. The van der Waals surface area contributed by atoms with Gasteiger partial charge in [-0.1, -0.05) is 11.3 Å². The monoisotopic (exact) mass is 362 g/mol. The molecule has 1 aromatic carbocycles. The standard InChI is InChI=1S/C20H22N6O/c1-12-19(20(27)25-10-14-4-6-17(21)16(14)11-25)23-24-26(12)15-5-7-18-13(9-15)3-2-8-22-18/h2-3,5,7-9,14,16-17H,4,6,10-11,21H2,1H3. The molecule has 27 heavy (non-hydrogen) atoms. The lowest BCUT2D eigenvalue weighted by atomic mass is 9.98. The Morgan fingerprint density at radius 1 is 1.22 bits per heavy atom. The summed E-state index contributed by atoms with van der Waals surface area (Å²) in [7, 11) is 0. The summed E-state index contributed by atoms with van der Waals surface area (Å²) < 4.78 is 1.72. The van der Waals surface area contributed by atoms with Gasteiger partial charge in [-0.15, -0.1) is 5.10 Å². The van der Waals surface area contributed by atoms with Gasteiger partial charge in [0.05, 0.1) is 16.9 Å². The normalized spacial score (nSPS) is 24.5. The van der Waals surface area contributed by atoms with E-state index < -0.39 is 0 Å². The molecule has 7 heteroatoms. The molecule has 0 radical (unpaired) electrons. The molecule has 2 aromatic heterocycles. The van der Waals surface area contributed by atoms with Crippen molar-refractivity contribution in [1.29, 1.82) is 0 Å². The molecular weight excluding hydrogens is 340 g/mol. The molecule has 3 aromatic rings. The highest BCUT2D eigenvalue weighted by atomic mass is 16.2. The molecule has 1 aliphatic heterocycles. The van der Waals surface area contributed by atoms with Crippen LogP contribution < -0.4 is 5.73 Å². The number of pyridine rings is 1. The quantitative estimate of drug-likeness (QED) is 0.752. The minimum atomic E-state index is -0.0391. The maximum atomic E-state index is 13.0. The first-order valence-corrected chi connectivity index (χ1v) is 9.44. The van der Waals surface area contributed by atoms with Crippen LogP contribution in [0.5, 0.6) is 0 Å². The van der Waals surface area contributed by atoms with Crippen molar-refractivity contribution >= 4 is 16.8 Å². The van der Waals surface area contributed by atoms with Crippen molar-refractivity contribution in [2.75, 3.05) is 13.1 Å². The fourth-order valence-corrected chi connectivity index (χ4v) is 4.59. The molecule has 5 rings (SSSR count). The number of nitrogens with zero attached hydrogens (tertiary/aromatic N) is 5. The maximum absolute atomic E-state index is 13.0. The van der Waals surface area contributed by atoms with Gasteiger partial charge in [0.1, 0.15) is 0 Å². The molecule has 2 aliphatic rings. The van der Waals surface area contributed by atoms with Crippen molar-refractivity contribution in [3.8, 4) is 5.69 Å². The zero-order valence-corrected chi connectivity index (χ0v) is 15.2. The predicted octanol–water partition coefficient (Wildman–Crippen LogP) is 1.93. The van der Waals surface area contributed by atoms with Crippen molar-refractivity contribution in [2.24, 2.45) is 17.6 Å². The van der Waals surface area contributed by atoms with E-state index in [9.17, 15) is 4.79 Å². The van der Waals surface area contributed by atoms with Crippen LogP contribution >= 0.6 is 0 Å². The average Bonchev–Trinajstić information content (AvgIpc) is 3.37. The molecule has 0 spiro atoms. The zero-order valence-electron chi connectivity index (χ0n) is 15.2. The van der Waals surface area contributed by atoms with E-state index >= 15 is 0 Å². The van der Waals surface area contributed by atoms with E-state index in [2.05, 4.69) is 15.3 Å². The van der Waals surface area contributed by atoms with Gasteiger partial charge in [0.2, 0.25) is 0 Å². The fraction of sp³-hybridized carbons (Fsp3) is 0.400. The molecule has 1 aliphatic carbocycles. The Morgan fingerprint density at radius 3 is 2.96 bits per heavy atom. The molecule has 3 unspecified atom stereocenters. The number of nitrogens with two attached hydrogens (primary N) is 1. The first kappa shape index (κ1) is 16.4. The summed E-state index contributed by atoms with van der Waals surface area (Å²) in [6.07, 6.45) is 3.96. The number of likely N-dealkylation sites (tertiary alicyclic amines) is 1. The van der Waals surface area contributed by atoms with Crippen molar-refractivity contribution in [1.82, 2.24) is 24.9 Å². The number of hydrogen-bond donors (Lipinski definition) is 1. The number of fused-ring (bicyclic) bond motifs is 2. The fourth-order valence-electron chi connectivity index (χ4n) is 4.59. The molecular formula is C20H22N6O. The summed E-state index contributed by atoms with van der Waals surface area (Å²) in [4.78, 5) is 19.3. The lowest BCUT2D eigenvalue weighted by Crippen LogP contribution is -2.34. The summed E-state index contributed by atoms with van der Waals surface area (Å²) in [6, 6.07) is 10.1. The molecule has 1 saturated carbocycles. The topological polar surface area (TPSA) is 89.9 Å². The van der Waals surface area contributed by atoms with Crippen molar-refractivity contribution < 1.29 is 4.79 Å². The van der Waals surface area contributed by atoms with E-state index in [0.29, 0.717) is 17.5 Å². The highest BCUT2D eigenvalue weighted by molar-refractivity contribution is 5.93. The minimum Gasteiger partial charge on any atom is -0.337 e. The van der Waals surface area contributed by atoms with Gasteiger partial charge >= 0.3 is 0 Å². The van der Waals surface area contributed by atoms with Gasteiger partial charge in [0.15, 0.2) is 5.69 Å². The molecule has 7 nitrogen and oxygen atoms in total. The number of rotatable bonds is 2. The van der Waals surface area contributed by atoms with Crippen LogP contribution in [0.4, 0.5) is 0 Å². The van der Waals surface area contributed by atoms with E-state index in [4.69, 9.17) is 5.73 Å². The second-order valence-electron chi connectivity index (χ2n) is 7.69. The molecule has 3 atom stereocenters. The number of aromatic nitrogens is 4. The Morgan fingerprint density at radius 2 is 2.11 bits per heavy atom. The molecule has 2 N–H and O–H groups in total. The first-order valence-electron chi connectivity index (χ1n) is 9.44. The third-order valence-electron chi connectivity index (χ3n) is 6.13. The lowest BCUT2D eigenvalue weighted by Gasteiger charge is -2.17. The molecule has 1 saturated heterocycles. The Labute approximate surface area is 157 Å². The second kappa shape index (κ2) is 6.13. The summed E-state index contributed by atoms with van der Waals surface area (Å²) in [5.74, 6) is 0.924. The van der Waals surface area contributed by atoms with Gasteiger partial charge in [0.25, 0.3) is 5.91 Å². The summed E-state index contributed by atoms with van der Waals surface area (Å²) in [6.45, 7) is 3.41. The molecule has 3 heterocycles. The Bertz CT molecular complexity index is 1030. The van der Waals surface area contributed by atoms with Crippen LogP contribution in [0.2, 0.25) is 0 Å². The van der Waals surface area contributed by atoms with Crippen LogP contribution in [-0.4, -0.2) is 49.9 Å². The van der Waals surface area contributed by atoms with Crippen molar-refractivity contribution in [3.05, 3.63) is 47.9 Å². The highest BCUT2D eigenvalue weighted by Gasteiger charge is 2.43. The number of amides is 1. The Kier molecular flexibility index (Phi) is 3.72. The number of carbonyl (C=O) groups excluding carboxylic acids is 1. The van der Waals surface area contributed by atoms with Crippen LogP contribution in [-0.2, 0) is 0 Å². The minimum absolute atomic E-state index is 0.0391. The second-order valence-corrected chi connectivity index (χ2v) is 7.69. The van der Waals surface area contributed by atoms with Crippen LogP contribution in [0, 0.1) is 18.8 Å². The zero-order chi connectivity index (χ0) is 18.5. The van der Waals surface area contributed by atoms with Gasteiger partial charge in [-0.05, 0) is 55.9 Å². The highest BCUT2D eigenvalue weighted by Crippen LogP contribution is 2.37. The lowest BCUT2D eigenvalue weighted by molar-refractivity contribution is 0.0773. The summed E-state index contributed by atoms with van der Waals surface area (Å²) in [5, 5.41) is 9.48. The summed E-state index contributed by atoms with van der Waals surface area (Å²) >= 11 is 0. The Hall–Kier alpha value is -2.80. The number of carbonyl (C=O) groups is 1. The van der Waals surface area contributed by atoms with Gasteiger partial charge < -0.3 is 10.6 Å². The molecule has 0 bridgehead atoms. The third kappa shape index (κ3) is 2.61. The third-order valence-corrected chi connectivity index (χ3v) is 6.13. The predicted molar refractivity (Wildman–Crippen MR) is 101 cm³/mol.